The zero-order valence-electron chi connectivity index (χ0n) is 9.55. The third kappa shape index (κ3) is 4.77. The lowest BCUT2D eigenvalue weighted by Gasteiger charge is -2.19. The molecule has 0 spiro atoms. The number of aromatic nitrogens is 2. The van der Waals surface area contributed by atoms with Crippen LogP contribution in [0.25, 0.3) is 0 Å². The summed E-state index contributed by atoms with van der Waals surface area (Å²) in [5.74, 6) is 0.928. The largest absolute Gasteiger partial charge is 0.390 e. The van der Waals surface area contributed by atoms with E-state index in [1.54, 1.807) is 7.05 Å². The van der Waals surface area contributed by atoms with E-state index in [1.807, 2.05) is 6.92 Å². The number of rotatable bonds is 4. The summed E-state index contributed by atoms with van der Waals surface area (Å²) in [6.45, 7) is 1.70. The van der Waals surface area contributed by atoms with Crippen LogP contribution in [0.2, 0.25) is 5.15 Å². The van der Waals surface area contributed by atoms with Crippen molar-refractivity contribution >= 4 is 17.4 Å². The molecule has 1 aromatic rings. The van der Waals surface area contributed by atoms with Crippen LogP contribution in [-0.4, -0.2) is 29.7 Å². The van der Waals surface area contributed by atoms with Gasteiger partial charge in [-0.3, -0.25) is 0 Å². The van der Waals surface area contributed by atoms with Crippen molar-refractivity contribution in [3.05, 3.63) is 17.0 Å². The first-order chi connectivity index (χ1) is 7.81. The van der Waals surface area contributed by atoms with Gasteiger partial charge in [0.25, 0.3) is 0 Å². The predicted octanol–water partition coefficient (Wildman–Crippen LogP) is 3.08. The van der Waals surface area contributed by atoms with E-state index < -0.39 is 12.6 Å². The molecule has 1 heterocycles. The number of hydrogen-bond acceptors (Lipinski definition) is 3. The second kappa shape index (κ2) is 5.53. The van der Waals surface area contributed by atoms with Crippen LogP contribution in [0, 0.1) is 0 Å². The normalized spacial score (nSPS) is 11.6. The van der Waals surface area contributed by atoms with Crippen LogP contribution in [0.1, 0.15) is 19.2 Å². The first-order valence-corrected chi connectivity index (χ1v) is 5.51. The molecule has 0 aliphatic carbocycles. The van der Waals surface area contributed by atoms with Gasteiger partial charge in [-0.25, -0.2) is 9.97 Å². The molecule has 0 aromatic carbocycles. The second-order valence-electron chi connectivity index (χ2n) is 3.61. The van der Waals surface area contributed by atoms with Gasteiger partial charge < -0.3 is 4.90 Å². The number of alkyl halides is 3. The van der Waals surface area contributed by atoms with Crippen molar-refractivity contribution in [2.75, 3.05) is 18.5 Å². The second-order valence-corrected chi connectivity index (χ2v) is 3.99. The SMILES string of the molecule is CCc1nc(Cl)cc(N(C)CCC(F)(F)F)n1. The molecule has 0 amide bonds. The Labute approximate surface area is 103 Å². The van der Waals surface area contributed by atoms with Gasteiger partial charge in [0, 0.05) is 26.1 Å². The molecule has 0 atom stereocenters. The van der Waals surface area contributed by atoms with Gasteiger partial charge >= 0.3 is 6.18 Å². The average molecular weight is 268 g/mol. The maximum atomic E-state index is 12.1. The highest BCUT2D eigenvalue weighted by Gasteiger charge is 2.27. The van der Waals surface area contributed by atoms with Crippen molar-refractivity contribution in [1.82, 2.24) is 9.97 Å². The fraction of sp³-hybridized carbons (Fsp3) is 0.600. The molecule has 0 aliphatic heterocycles. The highest BCUT2D eigenvalue weighted by Crippen LogP contribution is 2.22. The van der Waals surface area contributed by atoms with Crippen LogP contribution < -0.4 is 4.90 Å². The van der Waals surface area contributed by atoms with Crippen molar-refractivity contribution in [1.29, 1.82) is 0 Å². The lowest BCUT2D eigenvalue weighted by molar-refractivity contribution is -0.132. The highest BCUT2D eigenvalue weighted by molar-refractivity contribution is 6.29. The fourth-order valence-electron chi connectivity index (χ4n) is 1.21. The summed E-state index contributed by atoms with van der Waals surface area (Å²) < 4.78 is 36.2. The van der Waals surface area contributed by atoms with Crippen LogP contribution in [0.15, 0.2) is 6.07 Å². The number of anilines is 1. The number of nitrogens with zero attached hydrogens (tertiary/aromatic N) is 3. The highest BCUT2D eigenvalue weighted by atomic mass is 35.5. The van der Waals surface area contributed by atoms with Crippen LogP contribution in [-0.2, 0) is 6.42 Å². The van der Waals surface area contributed by atoms with E-state index >= 15 is 0 Å². The Kier molecular flexibility index (Phi) is 4.56. The summed E-state index contributed by atoms with van der Waals surface area (Å²) in [6.07, 6.45) is -4.47. The lowest BCUT2D eigenvalue weighted by atomic mass is 10.3. The maximum Gasteiger partial charge on any atom is 0.390 e. The fourth-order valence-corrected chi connectivity index (χ4v) is 1.41. The van der Waals surface area contributed by atoms with Gasteiger partial charge in [-0.2, -0.15) is 13.2 Å². The molecule has 1 rings (SSSR count). The third-order valence-electron chi connectivity index (χ3n) is 2.17. The number of aryl methyl sites for hydroxylation is 1. The average Bonchev–Trinajstić information content (AvgIpc) is 2.23. The smallest absolute Gasteiger partial charge is 0.359 e. The Morgan fingerprint density at radius 1 is 1.35 bits per heavy atom. The van der Waals surface area contributed by atoms with Crippen molar-refractivity contribution < 1.29 is 13.2 Å². The molecule has 0 saturated carbocycles. The van der Waals surface area contributed by atoms with Crippen molar-refractivity contribution in [2.45, 2.75) is 25.9 Å². The first-order valence-electron chi connectivity index (χ1n) is 5.13. The molecule has 0 saturated heterocycles. The standard InChI is InChI=1S/C10H13ClF3N3/c1-3-8-15-7(11)6-9(16-8)17(2)5-4-10(12,13)14/h6H,3-5H2,1-2H3. The predicted molar refractivity (Wildman–Crippen MR) is 60.4 cm³/mol. The Morgan fingerprint density at radius 2 is 2.00 bits per heavy atom. The van der Waals surface area contributed by atoms with E-state index in [0.717, 1.165) is 0 Å². The van der Waals surface area contributed by atoms with Gasteiger partial charge in [0.05, 0.1) is 6.42 Å². The van der Waals surface area contributed by atoms with Gasteiger partial charge in [0.1, 0.15) is 16.8 Å². The Bertz CT molecular complexity index is 382. The van der Waals surface area contributed by atoms with E-state index in [1.165, 1.54) is 11.0 Å². The van der Waals surface area contributed by atoms with E-state index in [0.29, 0.717) is 18.1 Å². The van der Waals surface area contributed by atoms with E-state index in [2.05, 4.69) is 9.97 Å². The van der Waals surface area contributed by atoms with Gasteiger partial charge in [0.15, 0.2) is 0 Å². The molecule has 1 aromatic heterocycles. The lowest BCUT2D eigenvalue weighted by Crippen LogP contribution is -2.25. The van der Waals surface area contributed by atoms with Gasteiger partial charge in [-0.15, -0.1) is 0 Å². The summed E-state index contributed by atoms with van der Waals surface area (Å²) in [7, 11) is 1.55. The number of halogens is 4. The quantitative estimate of drug-likeness (QED) is 0.785. The van der Waals surface area contributed by atoms with Crippen molar-refractivity contribution in [3.8, 4) is 0 Å². The summed E-state index contributed by atoms with van der Waals surface area (Å²) in [5.41, 5.74) is 0. The Balaban J connectivity index is 2.74. The first kappa shape index (κ1) is 14.0. The molecule has 0 bridgehead atoms. The summed E-state index contributed by atoms with van der Waals surface area (Å²) >= 11 is 5.76. The zero-order chi connectivity index (χ0) is 13.1. The molecular weight excluding hydrogens is 255 g/mol. The van der Waals surface area contributed by atoms with E-state index in [-0.39, 0.29) is 11.7 Å². The van der Waals surface area contributed by atoms with Crippen LogP contribution in [0.4, 0.5) is 19.0 Å². The molecule has 3 nitrogen and oxygen atoms in total. The molecule has 0 fully saturated rings. The summed E-state index contributed by atoms with van der Waals surface area (Å²) in [5, 5.41) is 0.241. The minimum Gasteiger partial charge on any atom is -0.359 e. The van der Waals surface area contributed by atoms with Gasteiger partial charge in [-0.1, -0.05) is 18.5 Å². The number of hydrogen-bond donors (Lipinski definition) is 0. The van der Waals surface area contributed by atoms with E-state index in [9.17, 15) is 13.2 Å². The topological polar surface area (TPSA) is 29.0 Å². The van der Waals surface area contributed by atoms with Crippen LogP contribution in [0.3, 0.4) is 0 Å². The van der Waals surface area contributed by atoms with Crippen molar-refractivity contribution in [3.63, 3.8) is 0 Å². The molecular formula is C10H13ClF3N3. The minimum atomic E-state index is -4.17. The van der Waals surface area contributed by atoms with Crippen LogP contribution >= 0.6 is 11.6 Å². The minimum absolute atomic E-state index is 0.153. The molecule has 7 heteroatoms. The summed E-state index contributed by atoms with van der Waals surface area (Å²) in [6, 6.07) is 1.46. The monoisotopic (exact) mass is 267 g/mol. The molecule has 0 N–H and O–H groups in total. The Hall–Kier alpha value is -1.04. The molecule has 96 valence electrons. The molecule has 0 radical (unpaired) electrons. The Morgan fingerprint density at radius 3 is 2.53 bits per heavy atom. The molecule has 0 aliphatic rings. The van der Waals surface area contributed by atoms with Crippen LogP contribution in [0.5, 0.6) is 0 Å². The molecule has 17 heavy (non-hydrogen) atoms. The molecule has 0 unspecified atom stereocenters. The van der Waals surface area contributed by atoms with Gasteiger partial charge in [-0.05, 0) is 0 Å². The third-order valence-corrected chi connectivity index (χ3v) is 2.36. The maximum absolute atomic E-state index is 12.1. The van der Waals surface area contributed by atoms with Gasteiger partial charge in [0.2, 0.25) is 0 Å². The van der Waals surface area contributed by atoms with Crippen molar-refractivity contribution in [2.24, 2.45) is 0 Å². The van der Waals surface area contributed by atoms with E-state index in [4.69, 9.17) is 11.6 Å². The zero-order valence-corrected chi connectivity index (χ0v) is 10.3. The summed E-state index contributed by atoms with van der Waals surface area (Å²) in [4.78, 5) is 9.48.